The van der Waals surface area contributed by atoms with E-state index in [1.165, 1.54) is 24.0 Å². The second-order valence-corrected chi connectivity index (χ2v) is 8.32. The predicted octanol–water partition coefficient (Wildman–Crippen LogP) is 0.447. The largest absolute Gasteiger partial charge is 0.345 e. The van der Waals surface area contributed by atoms with Crippen molar-refractivity contribution in [2.75, 3.05) is 0 Å². The highest BCUT2D eigenvalue weighted by Crippen LogP contribution is 2.62. The van der Waals surface area contributed by atoms with Crippen LogP contribution in [0.4, 0.5) is 0 Å². The van der Waals surface area contributed by atoms with Crippen LogP contribution in [0.2, 0.25) is 0 Å². The summed E-state index contributed by atoms with van der Waals surface area (Å²) in [7, 11) is -8.26. The maximum Gasteiger partial charge on any atom is 0.342 e. The summed E-state index contributed by atoms with van der Waals surface area (Å²) < 4.78 is 23.7. The lowest BCUT2D eigenvalue weighted by atomic mass is 10.3. The van der Waals surface area contributed by atoms with E-state index in [0.717, 1.165) is 6.92 Å². The van der Waals surface area contributed by atoms with Crippen LogP contribution in [-0.2, 0) is 15.7 Å². The Hall–Kier alpha value is -0.780. The van der Waals surface area contributed by atoms with Crippen molar-refractivity contribution in [1.29, 1.82) is 0 Å². The highest BCUT2D eigenvalue weighted by atomic mass is 31.2. The van der Waals surface area contributed by atoms with Crippen LogP contribution in [0.15, 0.2) is 12.5 Å². The molecule has 0 amide bonds. The first-order chi connectivity index (χ1) is 8.08. The van der Waals surface area contributed by atoms with Crippen molar-refractivity contribution >= 4 is 21.4 Å². The zero-order chi connectivity index (χ0) is 14.1. The number of nitrogens with zero attached hydrogens (tertiary/aromatic N) is 2. The number of hydrogen-bond acceptors (Lipinski definition) is 4. The van der Waals surface area contributed by atoms with Crippen LogP contribution in [0.25, 0.3) is 0 Å². The van der Waals surface area contributed by atoms with Gasteiger partial charge in [0.2, 0.25) is 8.03 Å². The monoisotopic (exact) mass is 296 g/mol. The molecule has 0 fully saturated rings. The number of ketones is 1. The molecule has 2 unspecified atom stereocenters. The van der Waals surface area contributed by atoms with E-state index in [1.807, 2.05) is 0 Å². The highest BCUT2D eigenvalue weighted by molar-refractivity contribution is 7.67. The number of carbonyl (C=O) groups excluding carboxylic acids is 1. The molecule has 8 nitrogen and oxygen atoms in total. The van der Waals surface area contributed by atoms with Gasteiger partial charge in [-0.05, 0) is 6.92 Å². The second-order valence-electron chi connectivity index (χ2n) is 4.11. The lowest BCUT2D eigenvalue weighted by molar-refractivity contribution is 0.101. The predicted molar refractivity (Wildman–Crippen MR) is 63.9 cm³/mol. The molecule has 0 saturated carbocycles. The van der Waals surface area contributed by atoms with Gasteiger partial charge in [-0.25, -0.2) is 4.98 Å². The number of carbonyl (C=O) groups is 1. The van der Waals surface area contributed by atoms with Crippen LogP contribution in [0.5, 0.6) is 0 Å². The first-order valence-electron chi connectivity index (χ1n) is 4.89. The van der Waals surface area contributed by atoms with Crippen LogP contribution in [0, 0.1) is 0 Å². The van der Waals surface area contributed by atoms with Crippen LogP contribution in [0.3, 0.4) is 0 Å². The number of imidazole rings is 1. The minimum Gasteiger partial charge on any atom is -0.345 e. The Bertz CT molecular complexity index is 535. The van der Waals surface area contributed by atoms with E-state index in [4.69, 9.17) is 14.7 Å². The van der Waals surface area contributed by atoms with Gasteiger partial charge in [0.15, 0.2) is 10.7 Å². The number of hydrogen-bond donors (Lipinski definition) is 3. The normalized spacial score (nSPS) is 17.2. The van der Waals surface area contributed by atoms with Crippen molar-refractivity contribution in [2.45, 2.75) is 25.3 Å². The maximum atomic E-state index is 11.3. The molecule has 0 aromatic carbocycles. The third kappa shape index (κ3) is 2.96. The Morgan fingerprint density at radius 2 is 2.17 bits per heavy atom. The number of Topliss-reactive ketones (excluding diaryl/α,β-unsaturated/α-hetero) is 1. The van der Waals surface area contributed by atoms with Crippen LogP contribution >= 0.6 is 15.6 Å². The molecule has 0 aliphatic heterocycles. The van der Waals surface area contributed by atoms with Gasteiger partial charge in [-0.15, -0.1) is 0 Å². The molecule has 0 bridgehead atoms. The minimum absolute atomic E-state index is 0.126. The fourth-order valence-corrected chi connectivity index (χ4v) is 2.93. The maximum absolute atomic E-state index is 11.3. The summed E-state index contributed by atoms with van der Waals surface area (Å²) in [6.07, 6.45) is 2.47. The summed E-state index contributed by atoms with van der Waals surface area (Å²) in [5, 5.41) is 0. The van der Waals surface area contributed by atoms with Crippen molar-refractivity contribution in [1.82, 2.24) is 9.55 Å². The Morgan fingerprint density at radius 3 is 2.50 bits per heavy atom. The summed E-state index contributed by atoms with van der Waals surface area (Å²) >= 11 is 0. The average molecular weight is 296 g/mol. The summed E-state index contributed by atoms with van der Waals surface area (Å²) in [5.41, 5.74) is 0.126. The Kier molecular flexibility index (Phi) is 4.30. The zero-order valence-electron chi connectivity index (χ0n) is 9.77. The van der Waals surface area contributed by atoms with Crippen molar-refractivity contribution in [3.63, 3.8) is 0 Å². The van der Waals surface area contributed by atoms with E-state index in [0.29, 0.717) is 0 Å². The van der Waals surface area contributed by atoms with Gasteiger partial charge >= 0.3 is 7.60 Å². The Balaban J connectivity index is 3.09. The van der Waals surface area contributed by atoms with E-state index in [9.17, 15) is 13.9 Å². The molecule has 3 N–H and O–H groups in total. The summed E-state index contributed by atoms with van der Waals surface area (Å²) in [5.74, 6) is -0.303. The lowest BCUT2D eigenvalue weighted by Crippen LogP contribution is -2.26. The molecule has 1 heterocycles. The van der Waals surface area contributed by atoms with Gasteiger partial charge < -0.3 is 19.2 Å². The molecule has 0 radical (unpaired) electrons. The standard InChI is InChI=1S/C8H14N2O6P2/c1-6(11)7-3-10(5-9-7)4-8(2,17(12)13)18(14,15)16/h3,5,17H,4H2,1-2H3,(H,12,13)(H2,14,15,16). The lowest BCUT2D eigenvalue weighted by Gasteiger charge is -2.27. The van der Waals surface area contributed by atoms with E-state index in [-0.39, 0.29) is 11.5 Å². The summed E-state index contributed by atoms with van der Waals surface area (Å²) in [4.78, 5) is 40.1. The van der Waals surface area contributed by atoms with Gasteiger partial charge in [-0.3, -0.25) is 13.9 Å². The number of aromatic nitrogens is 2. The topological polar surface area (TPSA) is 130 Å². The molecular weight excluding hydrogens is 282 g/mol. The van der Waals surface area contributed by atoms with Gasteiger partial charge in [-0.1, -0.05) is 0 Å². The molecule has 102 valence electrons. The number of rotatable bonds is 5. The summed E-state index contributed by atoms with van der Waals surface area (Å²) in [6.45, 7) is 1.93. The molecule has 1 aromatic rings. The van der Waals surface area contributed by atoms with Gasteiger partial charge in [0.05, 0.1) is 6.33 Å². The minimum atomic E-state index is -4.77. The smallest absolute Gasteiger partial charge is 0.342 e. The molecule has 0 aliphatic rings. The van der Waals surface area contributed by atoms with E-state index >= 15 is 0 Å². The zero-order valence-corrected chi connectivity index (χ0v) is 11.7. The van der Waals surface area contributed by atoms with E-state index < -0.39 is 27.1 Å². The van der Waals surface area contributed by atoms with Gasteiger partial charge in [0.1, 0.15) is 5.69 Å². The first-order valence-corrected chi connectivity index (χ1v) is 7.86. The molecular formula is C8H14N2O6P2. The molecule has 18 heavy (non-hydrogen) atoms. The third-order valence-electron chi connectivity index (χ3n) is 2.59. The van der Waals surface area contributed by atoms with Gasteiger partial charge in [0.25, 0.3) is 0 Å². The van der Waals surface area contributed by atoms with Crippen molar-refractivity contribution in [2.24, 2.45) is 0 Å². The van der Waals surface area contributed by atoms with Gasteiger partial charge in [0, 0.05) is 19.7 Å². The van der Waals surface area contributed by atoms with Crippen LogP contribution in [0.1, 0.15) is 24.3 Å². The molecule has 0 saturated heterocycles. The van der Waals surface area contributed by atoms with Gasteiger partial charge in [-0.2, -0.15) is 0 Å². The molecule has 1 aromatic heterocycles. The quantitative estimate of drug-likeness (QED) is 0.531. The molecule has 1 rings (SSSR count). The molecule has 0 aliphatic carbocycles. The fourth-order valence-electron chi connectivity index (χ4n) is 1.27. The van der Waals surface area contributed by atoms with E-state index in [1.54, 1.807) is 0 Å². The average Bonchev–Trinajstić information content (AvgIpc) is 2.63. The highest BCUT2D eigenvalue weighted by Gasteiger charge is 2.47. The first kappa shape index (κ1) is 15.3. The molecule has 2 atom stereocenters. The Labute approximate surface area is 104 Å². The van der Waals surface area contributed by atoms with Crippen molar-refractivity contribution in [3.05, 3.63) is 18.2 Å². The Morgan fingerprint density at radius 1 is 1.61 bits per heavy atom. The second kappa shape index (κ2) is 5.07. The van der Waals surface area contributed by atoms with Crippen LogP contribution in [-0.4, -0.2) is 34.9 Å². The van der Waals surface area contributed by atoms with Crippen molar-refractivity contribution in [3.8, 4) is 0 Å². The molecule has 10 heteroatoms. The van der Waals surface area contributed by atoms with E-state index in [2.05, 4.69) is 4.98 Å². The SMILES string of the molecule is CC(=O)c1cn(CC(C)([PH](=O)O)P(=O)(O)O)cn1. The third-order valence-corrected chi connectivity index (χ3v) is 6.54. The fraction of sp³-hybridized carbons (Fsp3) is 0.500. The summed E-state index contributed by atoms with van der Waals surface area (Å²) in [6, 6.07) is 0. The van der Waals surface area contributed by atoms with Crippen LogP contribution < -0.4 is 0 Å². The van der Waals surface area contributed by atoms with Crippen molar-refractivity contribution < 1.29 is 28.6 Å². The molecule has 0 spiro atoms.